The normalized spacial score (nSPS) is 12.5. The molecule has 1 atom stereocenters. The van der Waals surface area contributed by atoms with Crippen molar-refractivity contribution >= 4 is 10.9 Å². The highest BCUT2D eigenvalue weighted by Gasteiger charge is 2.14. The molecule has 2 aromatic carbocycles. The molecule has 0 saturated heterocycles. The number of aliphatic hydroxyl groups excluding tert-OH is 1. The first-order chi connectivity index (χ1) is 10.8. The van der Waals surface area contributed by atoms with Crippen LogP contribution in [0.15, 0.2) is 60.8 Å². The van der Waals surface area contributed by atoms with Gasteiger partial charge >= 0.3 is 0 Å². The molecule has 0 radical (unpaired) electrons. The van der Waals surface area contributed by atoms with Gasteiger partial charge in [0.05, 0.1) is 18.2 Å². The predicted octanol–water partition coefficient (Wildman–Crippen LogP) is 3.05. The summed E-state index contributed by atoms with van der Waals surface area (Å²) in [5.41, 5.74) is 2.86. The van der Waals surface area contributed by atoms with Gasteiger partial charge in [-0.15, -0.1) is 0 Å². The Morgan fingerprint density at radius 3 is 2.59 bits per heavy atom. The fraction of sp³-hybridized carbons (Fsp3) is 0.167. The van der Waals surface area contributed by atoms with Crippen LogP contribution in [0.3, 0.4) is 0 Å². The summed E-state index contributed by atoms with van der Waals surface area (Å²) in [5, 5.41) is 13.4. The molecule has 3 nitrogen and oxygen atoms in total. The molecule has 112 valence electrons. The average Bonchev–Trinajstić information content (AvgIpc) is 2.56. The Morgan fingerprint density at radius 2 is 1.82 bits per heavy atom. The number of hydrogen-bond acceptors (Lipinski definition) is 3. The Balaban J connectivity index is 2.01. The van der Waals surface area contributed by atoms with Gasteiger partial charge in [-0.2, -0.15) is 0 Å². The molecule has 3 aromatic rings. The zero-order chi connectivity index (χ0) is 15.4. The van der Waals surface area contributed by atoms with E-state index in [1.807, 2.05) is 30.5 Å². The van der Waals surface area contributed by atoms with Gasteiger partial charge in [-0.05, 0) is 35.4 Å². The molecule has 0 unspecified atom stereocenters. The van der Waals surface area contributed by atoms with Crippen molar-refractivity contribution in [1.29, 1.82) is 0 Å². The number of fused-ring (bicyclic) bond motifs is 1. The van der Waals surface area contributed by atoms with Crippen LogP contribution in [0.25, 0.3) is 10.9 Å². The third-order valence-corrected chi connectivity index (χ3v) is 3.61. The Labute approximate surface area is 128 Å². The quantitative estimate of drug-likeness (QED) is 0.760. The number of benzene rings is 2. The number of aromatic nitrogens is 1. The van der Waals surface area contributed by atoms with E-state index in [4.69, 9.17) is 5.11 Å². The fourth-order valence-corrected chi connectivity index (χ4v) is 2.54. The van der Waals surface area contributed by atoms with Gasteiger partial charge in [-0.1, -0.05) is 30.3 Å². The van der Waals surface area contributed by atoms with Crippen molar-refractivity contribution in [3.05, 3.63) is 77.7 Å². The van der Waals surface area contributed by atoms with Crippen LogP contribution in [0.4, 0.5) is 4.39 Å². The predicted molar refractivity (Wildman–Crippen MR) is 85.1 cm³/mol. The minimum absolute atomic E-state index is 0.0404. The van der Waals surface area contributed by atoms with Crippen LogP contribution in [-0.2, 0) is 0 Å². The molecule has 0 bridgehead atoms. The monoisotopic (exact) mass is 296 g/mol. The summed E-state index contributed by atoms with van der Waals surface area (Å²) in [4.78, 5) is 4.48. The molecule has 22 heavy (non-hydrogen) atoms. The van der Waals surface area contributed by atoms with Crippen molar-refractivity contribution in [2.24, 2.45) is 0 Å². The summed E-state index contributed by atoms with van der Waals surface area (Å²) in [6, 6.07) is 16.2. The van der Waals surface area contributed by atoms with Crippen molar-refractivity contribution in [2.75, 3.05) is 13.2 Å². The maximum Gasteiger partial charge on any atom is 0.123 e. The topological polar surface area (TPSA) is 45.1 Å². The highest BCUT2D eigenvalue weighted by Crippen LogP contribution is 2.24. The number of hydrogen-bond donors (Lipinski definition) is 2. The molecule has 2 N–H and O–H groups in total. The summed E-state index contributed by atoms with van der Waals surface area (Å²) >= 11 is 0. The molecule has 1 heterocycles. The number of halogens is 1. The van der Waals surface area contributed by atoms with Crippen LogP contribution in [0.5, 0.6) is 0 Å². The zero-order valence-corrected chi connectivity index (χ0v) is 12.0. The molecular formula is C18H17FN2O. The molecule has 0 aliphatic carbocycles. The Bertz CT molecular complexity index is 758. The van der Waals surface area contributed by atoms with Gasteiger partial charge in [0.25, 0.3) is 0 Å². The van der Waals surface area contributed by atoms with Gasteiger partial charge in [0, 0.05) is 18.1 Å². The number of nitrogens with one attached hydrogen (secondary N) is 1. The highest BCUT2D eigenvalue weighted by molar-refractivity contribution is 5.78. The second-order valence-electron chi connectivity index (χ2n) is 5.12. The first kappa shape index (κ1) is 14.6. The van der Waals surface area contributed by atoms with E-state index in [0.29, 0.717) is 6.54 Å². The van der Waals surface area contributed by atoms with E-state index < -0.39 is 0 Å². The molecule has 1 aromatic heterocycles. The van der Waals surface area contributed by atoms with Crippen LogP contribution in [0.1, 0.15) is 17.2 Å². The standard InChI is InChI=1S/C18H17FN2O/c19-16-7-5-13(6-8-16)18(20-9-10-22)15-11-14-3-1-2-4-17(14)21-12-15/h1-8,11-12,18,20,22H,9-10H2/t18-/m0/s1. The maximum atomic E-state index is 13.1. The van der Waals surface area contributed by atoms with E-state index in [1.54, 1.807) is 12.1 Å². The highest BCUT2D eigenvalue weighted by atomic mass is 19.1. The van der Waals surface area contributed by atoms with Gasteiger partial charge in [-0.25, -0.2) is 4.39 Å². The summed E-state index contributed by atoms with van der Waals surface area (Å²) in [6.07, 6.45) is 1.82. The lowest BCUT2D eigenvalue weighted by Gasteiger charge is -2.19. The van der Waals surface area contributed by atoms with Gasteiger partial charge in [0.1, 0.15) is 5.82 Å². The van der Waals surface area contributed by atoms with E-state index >= 15 is 0 Å². The Morgan fingerprint density at radius 1 is 1.05 bits per heavy atom. The lowest BCUT2D eigenvalue weighted by atomic mass is 9.98. The minimum atomic E-state index is -0.263. The maximum absolute atomic E-state index is 13.1. The molecule has 0 saturated carbocycles. The third-order valence-electron chi connectivity index (χ3n) is 3.61. The summed E-state index contributed by atoms with van der Waals surface area (Å²) in [7, 11) is 0. The lowest BCUT2D eigenvalue weighted by molar-refractivity contribution is 0.288. The van der Waals surface area contributed by atoms with E-state index in [1.165, 1.54) is 12.1 Å². The molecule has 0 aliphatic heterocycles. The SMILES string of the molecule is OCCN[C@@H](c1ccc(F)cc1)c1cnc2ccccc2c1. The van der Waals surface area contributed by atoms with E-state index in [2.05, 4.69) is 16.4 Å². The first-order valence-electron chi connectivity index (χ1n) is 7.22. The van der Waals surface area contributed by atoms with Crippen LogP contribution in [0.2, 0.25) is 0 Å². The molecule has 3 rings (SSSR count). The molecule has 0 aliphatic rings. The number of aliphatic hydroxyl groups is 1. The van der Waals surface area contributed by atoms with Crippen molar-refractivity contribution < 1.29 is 9.50 Å². The molecule has 0 spiro atoms. The molecular weight excluding hydrogens is 279 g/mol. The van der Waals surface area contributed by atoms with Crippen molar-refractivity contribution in [1.82, 2.24) is 10.3 Å². The van der Waals surface area contributed by atoms with Gasteiger partial charge in [0.15, 0.2) is 0 Å². The van der Waals surface area contributed by atoms with Crippen molar-refractivity contribution in [3.8, 4) is 0 Å². The van der Waals surface area contributed by atoms with Crippen molar-refractivity contribution in [3.63, 3.8) is 0 Å². The van der Waals surface area contributed by atoms with Crippen LogP contribution in [-0.4, -0.2) is 23.2 Å². The fourth-order valence-electron chi connectivity index (χ4n) is 2.54. The Kier molecular flexibility index (Phi) is 4.42. The van der Waals surface area contributed by atoms with Gasteiger partial charge < -0.3 is 10.4 Å². The number of para-hydroxylation sites is 1. The van der Waals surface area contributed by atoms with Gasteiger partial charge in [-0.3, -0.25) is 4.98 Å². The average molecular weight is 296 g/mol. The lowest BCUT2D eigenvalue weighted by Crippen LogP contribution is -2.25. The van der Waals surface area contributed by atoms with E-state index in [0.717, 1.165) is 22.0 Å². The third kappa shape index (κ3) is 3.13. The minimum Gasteiger partial charge on any atom is -0.395 e. The molecule has 0 amide bonds. The van der Waals surface area contributed by atoms with Crippen LogP contribution in [0, 0.1) is 5.82 Å². The molecule has 0 fully saturated rings. The van der Waals surface area contributed by atoms with E-state index in [9.17, 15) is 4.39 Å². The second kappa shape index (κ2) is 6.64. The number of nitrogens with zero attached hydrogens (tertiary/aromatic N) is 1. The first-order valence-corrected chi connectivity index (χ1v) is 7.22. The smallest absolute Gasteiger partial charge is 0.123 e. The summed E-state index contributed by atoms with van der Waals surface area (Å²) in [5.74, 6) is -0.263. The number of rotatable bonds is 5. The zero-order valence-electron chi connectivity index (χ0n) is 12.0. The second-order valence-corrected chi connectivity index (χ2v) is 5.12. The molecule has 4 heteroatoms. The van der Waals surface area contributed by atoms with Crippen LogP contribution < -0.4 is 5.32 Å². The van der Waals surface area contributed by atoms with E-state index in [-0.39, 0.29) is 18.5 Å². The Hall–Kier alpha value is -2.30. The summed E-state index contributed by atoms with van der Waals surface area (Å²) in [6.45, 7) is 0.494. The largest absolute Gasteiger partial charge is 0.395 e. The summed E-state index contributed by atoms with van der Waals surface area (Å²) < 4.78 is 13.1. The van der Waals surface area contributed by atoms with Gasteiger partial charge in [0.2, 0.25) is 0 Å². The van der Waals surface area contributed by atoms with Crippen LogP contribution >= 0.6 is 0 Å². The van der Waals surface area contributed by atoms with Crippen molar-refractivity contribution in [2.45, 2.75) is 6.04 Å². The number of pyridine rings is 1.